The molecule has 0 radical (unpaired) electrons. The Balaban J connectivity index is 1.39. The third-order valence-electron chi connectivity index (χ3n) is 6.16. The molecule has 5 aromatic rings. The first-order valence-corrected chi connectivity index (χ1v) is 13.0. The summed E-state index contributed by atoms with van der Waals surface area (Å²) in [7, 11) is -2.13. The zero-order valence-corrected chi connectivity index (χ0v) is 20.5. The molecule has 3 aromatic carbocycles. The number of pyridine rings is 1. The molecule has 178 valence electrons. The SMILES string of the molecule is CCCc1cn(S(=O)(=O)c2ccc(CNc3ccc4cccnc4c3)cc2)c2ccc(OC)cc12. The minimum Gasteiger partial charge on any atom is -0.497 e. The molecule has 0 aliphatic carbocycles. The van der Waals surface area contributed by atoms with Crippen molar-refractivity contribution in [1.29, 1.82) is 0 Å². The van der Waals surface area contributed by atoms with Crippen molar-refractivity contribution in [1.82, 2.24) is 8.96 Å². The number of benzene rings is 3. The van der Waals surface area contributed by atoms with Crippen molar-refractivity contribution >= 4 is 37.5 Å². The van der Waals surface area contributed by atoms with E-state index in [0.29, 0.717) is 17.8 Å². The van der Waals surface area contributed by atoms with Crippen LogP contribution in [0.2, 0.25) is 0 Å². The minimum absolute atomic E-state index is 0.256. The van der Waals surface area contributed by atoms with Gasteiger partial charge in [0, 0.05) is 35.4 Å². The Labute approximate surface area is 205 Å². The van der Waals surface area contributed by atoms with Crippen molar-refractivity contribution in [2.75, 3.05) is 12.4 Å². The molecule has 0 bridgehead atoms. The maximum Gasteiger partial charge on any atom is 0.268 e. The Morgan fingerprint density at radius 1 is 1.00 bits per heavy atom. The van der Waals surface area contributed by atoms with E-state index < -0.39 is 10.0 Å². The maximum absolute atomic E-state index is 13.5. The Morgan fingerprint density at radius 2 is 1.83 bits per heavy atom. The van der Waals surface area contributed by atoms with Crippen LogP contribution in [-0.2, 0) is 23.0 Å². The molecule has 0 aliphatic heterocycles. The van der Waals surface area contributed by atoms with Gasteiger partial charge in [0.05, 0.1) is 23.0 Å². The predicted octanol–water partition coefficient (Wildman–Crippen LogP) is 6.00. The minimum atomic E-state index is -3.74. The van der Waals surface area contributed by atoms with Gasteiger partial charge in [0.15, 0.2) is 0 Å². The van der Waals surface area contributed by atoms with Gasteiger partial charge in [-0.2, -0.15) is 0 Å². The zero-order chi connectivity index (χ0) is 24.4. The molecule has 6 nitrogen and oxygen atoms in total. The van der Waals surface area contributed by atoms with Crippen molar-refractivity contribution in [2.24, 2.45) is 0 Å². The molecule has 2 aromatic heterocycles. The first-order valence-electron chi connectivity index (χ1n) is 11.6. The summed E-state index contributed by atoms with van der Waals surface area (Å²) < 4.78 is 33.8. The molecular formula is C28H27N3O3S. The number of fused-ring (bicyclic) bond motifs is 2. The van der Waals surface area contributed by atoms with Gasteiger partial charge < -0.3 is 10.1 Å². The molecule has 1 N–H and O–H groups in total. The lowest BCUT2D eigenvalue weighted by Crippen LogP contribution is -2.12. The molecule has 0 aliphatic rings. The molecule has 7 heteroatoms. The largest absolute Gasteiger partial charge is 0.497 e. The Kier molecular flexibility index (Phi) is 6.17. The van der Waals surface area contributed by atoms with E-state index in [0.717, 1.165) is 45.9 Å². The molecule has 0 atom stereocenters. The third kappa shape index (κ3) is 4.47. The number of ether oxygens (including phenoxy) is 1. The van der Waals surface area contributed by atoms with Crippen molar-refractivity contribution < 1.29 is 13.2 Å². The van der Waals surface area contributed by atoms with Gasteiger partial charge in [-0.1, -0.05) is 37.6 Å². The quantitative estimate of drug-likeness (QED) is 0.292. The third-order valence-corrected chi connectivity index (χ3v) is 7.85. The highest BCUT2D eigenvalue weighted by molar-refractivity contribution is 7.90. The van der Waals surface area contributed by atoms with Crippen LogP contribution in [-0.4, -0.2) is 24.5 Å². The molecule has 0 unspecified atom stereocenters. The summed E-state index contributed by atoms with van der Waals surface area (Å²) in [5, 5.41) is 5.38. The summed E-state index contributed by atoms with van der Waals surface area (Å²) in [5.41, 5.74) is 4.53. The molecule has 0 amide bonds. The first-order chi connectivity index (χ1) is 17.0. The lowest BCUT2D eigenvalue weighted by Gasteiger charge is -2.10. The van der Waals surface area contributed by atoms with Gasteiger partial charge in [0.1, 0.15) is 5.75 Å². The predicted molar refractivity (Wildman–Crippen MR) is 141 cm³/mol. The summed E-state index contributed by atoms with van der Waals surface area (Å²) in [6.45, 7) is 2.66. The van der Waals surface area contributed by atoms with Crippen molar-refractivity contribution in [3.63, 3.8) is 0 Å². The maximum atomic E-state index is 13.5. The molecule has 5 rings (SSSR count). The monoisotopic (exact) mass is 485 g/mol. The second-order valence-corrected chi connectivity index (χ2v) is 10.3. The number of hydrogen-bond acceptors (Lipinski definition) is 5. The average molecular weight is 486 g/mol. The highest BCUT2D eigenvalue weighted by atomic mass is 32.2. The van der Waals surface area contributed by atoms with Gasteiger partial charge in [0.2, 0.25) is 0 Å². The van der Waals surface area contributed by atoms with Crippen molar-refractivity contribution in [2.45, 2.75) is 31.2 Å². The Hall–Kier alpha value is -3.84. The summed E-state index contributed by atoms with van der Waals surface area (Å²) in [4.78, 5) is 4.65. The van der Waals surface area contributed by atoms with Crippen LogP contribution in [0, 0.1) is 0 Å². The molecule has 0 saturated heterocycles. The number of aromatic nitrogens is 2. The van der Waals surface area contributed by atoms with E-state index in [-0.39, 0.29) is 4.90 Å². The fourth-order valence-corrected chi connectivity index (χ4v) is 5.70. The van der Waals surface area contributed by atoms with Gasteiger partial charge in [-0.15, -0.1) is 0 Å². The number of rotatable bonds is 8. The second kappa shape index (κ2) is 9.43. The Morgan fingerprint density at radius 3 is 2.60 bits per heavy atom. The smallest absolute Gasteiger partial charge is 0.268 e. The van der Waals surface area contributed by atoms with Crippen molar-refractivity contribution in [3.8, 4) is 5.75 Å². The van der Waals surface area contributed by atoms with Gasteiger partial charge in [-0.05, 0) is 66.1 Å². The summed E-state index contributed by atoms with van der Waals surface area (Å²) >= 11 is 0. The number of nitrogens with zero attached hydrogens (tertiary/aromatic N) is 2. The average Bonchev–Trinajstić information content (AvgIpc) is 3.26. The van der Waals surface area contributed by atoms with Crippen LogP contribution < -0.4 is 10.1 Å². The standard InChI is InChI=1S/C28H27N3O3S/c1-3-5-22-19-31(28-14-11-24(34-2)17-26(22)28)35(32,33)25-12-7-20(8-13-25)18-30-23-10-9-21-6-4-15-29-27(21)16-23/h4,6-17,19,30H,3,5,18H2,1-2H3. The van der Waals surface area contributed by atoms with Crippen LogP contribution in [0.3, 0.4) is 0 Å². The van der Waals surface area contributed by atoms with Crippen LogP contribution in [0.25, 0.3) is 21.8 Å². The number of aryl methyl sites for hydroxylation is 1. The first kappa shape index (κ1) is 22.9. The summed E-state index contributed by atoms with van der Waals surface area (Å²) in [5.74, 6) is 0.712. The van der Waals surface area contributed by atoms with E-state index in [1.54, 1.807) is 37.7 Å². The lowest BCUT2D eigenvalue weighted by molar-refractivity contribution is 0.415. The second-order valence-electron chi connectivity index (χ2n) is 8.50. The Bertz CT molecular complexity index is 1610. The number of hydrogen-bond donors (Lipinski definition) is 1. The van der Waals surface area contributed by atoms with Crippen LogP contribution >= 0.6 is 0 Å². The molecule has 0 saturated carbocycles. The van der Waals surface area contributed by atoms with E-state index in [2.05, 4.69) is 17.2 Å². The van der Waals surface area contributed by atoms with E-state index in [1.165, 1.54) is 3.97 Å². The highest BCUT2D eigenvalue weighted by Crippen LogP contribution is 2.30. The topological polar surface area (TPSA) is 73.2 Å². The summed E-state index contributed by atoms with van der Waals surface area (Å²) in [6, 6.07) is 22.5. The molecule has 0 fully saturated rings. The van der Waals surface area contributed by atoms with Crippen LogP contribution in [0.15, 0.2) is 90.1 Å². The van der Waals surface area contributed by atoms with Gasteiger partial charge in [0.25, 0.3) is 10.0 Å². The number of methoxy groups -OCH3 is 1. The number of nitrogens with one attached hydrogen (secondary N) is 1. The van der Waals surface area contributed by atoms with E-state index >= 15 is 0 Å². The van der Waals surface area contributed by atoms with Gasteiger partial charge >= 0.3 is 0 Å². The summed E-state index contributed by atoms with van der Waals surface area (Å²) in [6.07, 6.45) is 5.24. The normalized spacial score (nSPS) is 11.7. The van der Waals surface area contributed by atoms with Crippen molar-refractivity contribution in [3.05, 3.63) is 96.3 Å². The molecule has 35 heavy (non-hydrogen) atoms. The number of anilines is 1. The zero-order valence-electron chi connectivity index (χ0n) is 19.7. The van der Waals surface area contributed by atoms with Gasteiger partial charge in [-0.3, -0.25) is 4.98 Å². The van der Waals surface area contributed by atoms with E-state index in [9.17, 15) is 8.42 Å². The van der Waals surface area contributed by atoms with Gasteiger partial charge in [-0.25, -0.2) is 12.4 Å². The molecule has 2 heterocycles. The van der Waals surface area contributed by atoms with Crippen LogP contribution in [0.4, 0.5) is 5.69 Å². The molecule has 0 spiro atoms. The van der Waals surface area contributed by atoms with E-state index in [1.807, 2.05) is 54.6 Å². The highest BCUT2D eigenvalue weighted by Gasteiger charge is 2.21. The fraction of sp³-hybridized carbons (Fsp3) is 0.179. The van der Waals surface area contributed by atoms with E-state index in [4.69, 9.17) is 4.74 Å². The van der Waals surface area contributed by atoms with Crippen LogP contribution in [0.5, 0.6) is 5.75 Å². The van der Waals surface area contributed by atoms with Crippen LogP contribution in [0.1, 0.15) is 24.5 Å². The molecular weight excluding hydrogens is 458 g/mol. The lowest BCUT2D eigenvalue weighted by atomic mass is 10.1. The fourth-order valence-electron chi connectivity index (χ4n) is 4.31.